The molecule has 2 N–H and O–H groups in total. The third-order valence-electron chi connectivity index (χ3n) is 1.91. The second-order valence-electron chi connectivity index (χ2n) is 2.98. The molecule has 0 heterocycles. The van der Waals surface area contributed by atoms with Gasteiger partial charge in [-0.15, -0.1) is 0 Å². The molecule has 1 rings (SSSR count). The van der Waals surface area contributed by atoms with Crippen molar-refractivity contribution >= 4 is 27.5 Å². The molecule has 0 bridgehead atoms. The highest BCUT2D eigenvalue weighted by atomic mass is 79.9. The first-order chi connectivity index (χ1) is 6.24. The second kappa shape index (κ2) is 5.63. The van der Waals surface area contributed by atoms with Crippen molar-refractivity contribution in [3.63, 3.8) is 0 Å². The summed E-state index contributed by atoms with van der Waals surface area (Å²) in [5, 5.41) is 0.797. The van der Waals surface area contributed by atoms with Gasteiger partial charge in [-0.25, -0.2) is 0 Å². The predicted molar refractivity (Wildman–Crippen MR) is 61.1 cm³/mol. The van der Waals surface area contributed by atoms with Gasteiger partial charge in [0.2, 0.25) is 0 Å². The van der Waals surface area contributed by atoms with Crippen molar-refractivity contribution in [1.82, 2.24) is 0 Å². The summed E-state index contributed by atoms with van der Waals surface area (Å²) in [4.78, 5) is 0. The van der Waals surface area contributed by atoms with Gasteiger partial charge in [-0.05, 0) is 49.6 Å². The molecule has 0 atom stereocenters. The van der Waals surface area contributed by atoms with Gasteiger partial charge in [0.15, 0.2) is 0 Å². The summed E-state index contributed by atoms with van der Waals surface area (Å²) < 4.78 is 1.13. The van der Waals surface area contributed by atoms with Crippen molar-refractivity contribution in [1.29, 1.82) is 0 Å². The van der Waals surface area contributed by atoms with Crippen molar-refractivity contribution in [2.45, 2.75) is 19.3 Å². The highest BCUT2D eigenvalue weighted by molar-refractivity contribution is 9.10. The number of rotatable bonds is 4. The average molecular weight is 263 g/mol. The molecule has 0 amide bonds. The van der Waals surface area contributed by atoms with Crippen molar-refractivity contribution in [2.24, 2.45) is 5.73 Å². The molecule has 0 aliphatic carbocycles. The van der Waals surface area contributed by atoms with Crippen molar-refractivity contribution in [2.75, 3.05) is 6.54 Å². The molecule has 0 fully saturated rings. The van der Waals surface area contributed by atoms with Gasteiger partial charge >= 0.3 is 0 Å². The zero-order valence-corrected chi connectivity index (χ0v) is 9.74. The van der Waals surface area contributed by atoms with E-state index in [2.05, 4.69) is 15.9 Å². The highest BCUT2D eigenvalue weighted by Crippen LogP contribution is 2.22. The van der Waals surface area contributed by atoms with Crippen LogP contribution in [-0.4, -0.2) is 6.54 Å². The number of aryl methyl sites for hydroxylation is 1. The fraction of sp³-hybridized carbons (Fsp3) is 0.400. The predicted octanol–water partition coefficient (Wildman–Crippen LogP) is 3.38. The fourth-order valence-electron chi connectivity index (χ4n) is 1.19. The summed E-state index contributed by atoms with van der Waals surface area (Å²) in [7, 11) is 0. The van der Waals surface area contributed by atoms with E-state index < -0.39 is 0 Å². The zero-order valence-electron chi connectivity index (χ0n) is 7.39. The van der Waals surface area contributed by atoms with Crippen LogP contribution in [0.5, 0.6) is 0 Å². The summed E-state index contributed by atoms with van der Waals surface area (Å²) in [6.45, 7) is 0.762. The molecular formula is C10H13BrClN. The lowest BCUT2D eigenvalue weighted by Crippen LogP contribution is -1.99. The van der Waals surface area contributed by atoms with E-state index in [1.165, 1.54) is 5.56 Å². The van der Waals surface area contributed by atoms with Crippen LogP contribution in [0.4, 0.5) is 0 Å². The maximum Gasteiger partial charge on any atom is 0.0409 e. The lowest BCUT2D eigenvalue weighted by atomic mass is 10.1. The van der Waals surface area contributed by atoms with E-state index in [-0.39, 0.29) is 0 Å². The maximum absolute atomic E-state index is 5.88. The molecule has 1 aromatic carbocycles. The minimum Gasteiger partial charge on any atom is -0.330 e. The van der Waals surface area contributed by atoms with Gasteiger partial charge in [0.05, 0.1) is 0 Å². The van der Waals surface area contributed by atoms with E-state index in [4.69, 9.17) is 17.3 Å². The number of halogens is 2. The van der Waals surface area contributed by atoms with E-state index in [0.717, 1.165) is 35.3 Å². The molecule has 0 aliphatic heterocycles. The van der Waals surface area contributed by atoms with E-state index in [1.54, 1.807) is 0 Å². The average Bonchev–Trinajstić information content (AvgIpc) is 2.11. The Bertz CT molecular complexity index is 276. The third-order valence-corrected chi connectivity index (χ3v) is 2.92. The van der Waals surface area contributed by atoms with Gasteiger partial charge in [-0.2, -0.15) is 0 Å². The Morgan fingerprint density at radius 2 is 2.08 bits per heavy atom. The Balaban J connectivity index is 2.59. The largest absolute Gasteiger partial charge is 0.330 e. The molecule has 3 heteroatoms. The molecule has 0 spiro atoms. The molecule has 0 aliphatic rings. The lowest BCUT2D eigenvalue weighted by Gasteiger charge is -2.04. The first-order valence-electron chi connectivity index (χ1n) is 4.38. The number of hydrogen-bond donors (Lipinski definition) is 1. The van der Waals surface area contributed by atoms with Crippen LogP contribution in [0.15, 0.2) is 22.7 Å². The smallest absolute Gasteiger partial charge is 0.0409 e. The molecule has 1 nitrogen and oxygen atoms in total. The monoisotopic (exact) mass is 261 g/mol. The Labute approximate surface area is 92.4 Å². The van der Waals surface area contributed by atoms with Crippen molar-refractivity contribution < 1.29 is 0 Å². The van der Waals surface area contributed by atoms with E-state index in [9.17, 15) is 0 Å². The summed E-state index contributed by atoms with van der Waals surface area (Å²) >= 11 is 9.38. The summed E-state index contributed by atoms with van der Waals surface area (Å²) in [5.74, 6) is 0. The molecule has 0 unspecified atom stereocenters. The topological polar surface area (TPSA) is 26.0 Å². The van der Waals surface area contributed by atoms with Crippen LogP contribution in [-0.2, 0) is 6.42 Å². The molecule has 0 radical (unpaired) electrons. The minimum absolute atomic E-state index is 0.762. The molecule has 1 aromatic rings. The first-order valence-corrected chi connectivity index (χ1v) is 5.55. The van der Waals surface area contributed by atoms with Crippen molar-refractivity contribution in [3.8, 4) is 0 Å². The van der Waals surface area contributed by atoms with Crippen LogP contribution in [0, 0.1) is 0 Å². The number of unbranched alkanes of at least 4 members (excludes halogenated alkanes) is 1. The highest BCUT2D eigenvalue weighted by Gasteiger charge is 1.99. The maximum atomic E-state index is 5.88. The SMILES string of the molecule is NCCCCc1cc(Cl)ccc1Br. The van der Waals surface area contributed by atoms with Crippen LogP contribution in [0.3, 0.4) is 0 Å². The lowest BCUT2D eigenvalue weighted by molar-refractivity contribution is 0.743. The Kier molecular flexibility index (Phi) is 4.78. The number of benzene rings is 1. The van der Waals surface area contributed by atoms with Crippen LogP contribution < -0.4 is 5.73 Å². The number of hydrogen-bond acceptors (Lipinski definition) is 1. The Morgan fingerprint density at radius 3 is 2.77 bits per heavy atom. The Hall–Kier alpha value is -0.0500. The molecule has 13 heavy (non-hydrogen) atoms. The van der Waals surface area contributed by atoms with Crippen LogP contribution in [0.2, 0.25) is 5.02 Å². The zero-order chi connectivity index (χ0) is 9.68. The fourth-order valence-corrected chi connectivity index (χ4v) is 1.83. The molecule has 72 valence electrons. The van der Waals surface area contributed by atoms with Gasteiger partial charge in [0.1, 0.15) is 0 Å². The van der Waals surface area contributed by atoms with Gasteiger partial charge in [0, 0.05) is 9.50 Å². The molecular weight excluding hydrogens is 249 g/mol. The van der Waals surface area contributed by atoms with Gasteiger partial charge in [-0.1, -0.05) is 27.5 Å². The molecule has 0 aromatic heterocycles. The summed E-state index contributed by atoms with van der Waals surface area (Å²) in [5.41, 5.74) is 6.69. The van der Waals surface area contributed by atoms with Gasteiger partial charge < -0.3 is 5.73 Å². The summed E-state index contributed by atoms with van der Waals surface area (Å²) in [6.07, 6.45) is 3.23. The van der Waals surface area contributed by atoms with Gasteiger partial charge in [-0.3, -0.25) is 0 Å². The van der Waals surface area contributed by atoms with Crippen LogP contribution in [0.1, 0.15) is 18.4 Å². The van der Waals surface area contributed by atoms with E-state index in [1.807, 2.05) is 18.2 Å². The second-order valence-corrected chi connectivity index (χ2v) is 4.27. The first kappa shape index (κ1) is 11.0. The molecule has 0 saturated carbocycles. The Morgan fingerprint density at radius 1 is 1.31 bits per heavy atom. The quantitative estimate of drug-likeness (QED) is 0.827. The van der Waals surface area contributed by atoms with Crippen LogP contribution in [0.25, 0.3) is 0 Å². The minimum atomic E-state index is 0.762. The molecule has 0 saturated heterocycles. The van der Waals surface area contributed by atoms with Crippen LogP contribution >= 0.6 is 27.5 Å². The van der Waals surface area contributed by atoms with E-state index >= 15 is 0 Å². The summed E-state index contributed by atoms with van der Waals surface area (Å²) in [6, 6.07) is 5.88. The van der Waals surface area contributed by atoms with E-state index in [0.29, 0.717) is 0 Å². The standard InChI is InChI=1S/C10H13BrClN/c11-10-5-4-9(12)7-8(10)3-1-2-6-13/h4-5,7H,1-3,6,13H2. The number of nitrogens with two attached hydrogens (primary N) is 1. The van der Waals surface area contributed by atoms with Crippen molar-refractivity contribution in [3.05, 3.63) is 33.3 Å². The normalized spacial score (nSPS) is 10.4. The third kappa shape index (κ3) is 3.67. The van der Waals surface area contributed by atoms with Gasteiger partial charge in [0.25, 0.3) is 0 Å².